The smallest absolute Gasteiger partial charge is 0.327 e. The van der Waals surface area contributed by atoms with Gasteiger partial charge in [0, 0.05) is 60.8 Å². The number of fused-ring (bicyclic) bond motifs is 1. The quantitative estimate of drug-likeness (QED) is 0.399. The van der Waals surface area contributed by atoms with Crippen molar-refractivity contribution in [2.24, 2.45) is 0 Å². The highest BCUT2D eigenvalue weighted by Gasteiger charge is 2.42. The summed E-state index contributed by atoms with van der Waals surface area (Å²) >= 11 is 6.02. The number of carbonyl (C=O) groups excluding carboxylic acids is 1. The number of H-pyrrole nitrogens is 1. The lowest BCUT2D eigenvalue weighted by Gasteiger charge is -2.39. The molecule has 4 heterocycles. The lowest BCUT2D eigenvalue weighted by Crippen LogP contribution is -2.60. The molecule has 3 aliphatic rings. The number of carbonyl (C=O) groups is 2. The summed E-state index contributed by atoms with van der Waals surface area (Å²) in [6.45, 7) is 2.29. The number of aliphatic carboxylic acids is 1. The fourth-order valence-electron chi connectivity index (χ4n) is 5.22. The first-order valence-corrected chi connectivity index (χ1v) is 14.6. The van der Waals surface area contributed by atoms with E-state index in [9.17, 15) is 23.1 Å². The highest BCUT2D eigenvalue weighted by molar-refractivity contribution is 7.89. The summed E-state index contributed by atoms with van der Waals surface area (Å²) in [4.78, 5) is 31.8. The maximum Gasteiger partial charge on any atom is 0.327 e. The lowest BCUT2D eigenvalue weighted by atomic mass is 9.99. The number of piperazine rings is 1. The molecule has 3 aliphatic heterocycles. The Labute approximate surface area is 230 Å². The zero-order valence-electron chi connectivity index (χ0n) is 21.1. The zero-order chi connectivity index (χ0) is 27.3. The molecule has 1 amide bonds. The van der Waals surface area contributed by atoms with Crippen molar-refractivity contribution in [1.29, 1.82) is 0 Å². The van der Waals surface area contributed by atoms with E-state index in [4.69, 9.17) is 11.6 Å². The Kier molecular flexibility index (Phi) is 6.52. The third kappa shape index (κ3) is 4.75. The molecule has 0 aliphatic carbocycles. The first-order valence-electron chi connectivity index (χ1n) is 12.8. The first kappa shape index (κ1) is 25.7. The van der Waals surface area contributed by atoms with Crippen LogP contribution in [0.2, 0.25) is 5.02 Å². The Hall–Kier alpha value is -3.54. The van der Waals surface area contributed by atoms with Gasteiger partial charge in [0.15, 0.2) is 0 Å². The molecule has 1 aromatic heterocycles. The van der Waals surface area contributed by atoms with Crippen LogP contribution in [-0.2, 0) is 26.2 Å². The monoisotopic (exact) mass is 569 g/mol. The maximum absolute atomic E-state index is 13.4. The van der Waals surface area contributed by atoms with E-state index in [1.165, 1.54) is 28.8 Å². The number of aromatic amines is 1. The summed E-state index contributed by atoms with van der Waals surface area (Å²) < 4.78 is 27.7. The van der Waals surface area contributed by atoms with Gasteiger partial charge in [0.25, 0.3) is 10.0 Å². The van der Waals surface area contributed by atoms with Crippen LogP contribution in [0.4, 0.5) is 0 Å². The number of carboxylic acids is 1. The number of hydrogen-bond acceptors (Lipinski definition) is 6. The molecule has 12 heteroatoms. The van der Waals surface area contributed by atoms with Gasteiger partial charge in [-0.2, -0.15) is 4.31 Å². The summed E-state index contributed by atoms with van der Waals surface area (Å²) in [6.07, 6.45) is 2.19. The highest BCUT2D eigenvalue weighted by Crippen LogP contribution is 2.31. The van der Waals surface area contributed by atoms with Gasteiger partial charge in [0.2, 0.25) is 5.91 Å². The second kappa shape index (κ2) is 9.89. The summed E-state index contributed by atoms with van der Waals surface area (Å²) in [5.74, 6) is -1.83. The van der Waals surface area contributed by atoms with Gasteiger partial charge in [0.05, 0.1) is 12.2 Å². The normalized spacial score (nSPS) is 21.4. The van der Waals surface area contributed by atoms with Crippen molar-refractivity contribution in [3.05, 3.63) is 70.4 Å². The Balaban J connectivity index is 1.21. The fourth-order valence-corrected chi connectivity index (χ4v) is 6.82. The van der Waals surface area contributed by atoms with Crippen molar-refractivity contribution in [2.75, 3.05) is 32.7 Å². The van der Waals surface area contributed by atoms with E-state index in [1.54, 1.807) is 18.2 Å². The second-order valence-electron chi connectivity index (χ2n) is 10.1. The Bertz CT molecular complexity index is 1590. The molecular weight excluding hydrogens is 542 g/mol. The number of sulfonamides is 1. The molecule has 6 rings (SSSR count). The van der Waals surface area contributed by atoms with Gasteiger partial charge < -0.3 is 25.2 Å². The fraction of sp³-hybridized carbons (Fsp3) is 0.333. The van der Waals surface area contributed by atoms with Crippen LogP contribution < -0.4 is 5.32 Å². The zero-order valence-corrected chi connectivity index (χ0v) is 22.6. The van der Waals surface area contributed by atoms with Crippen LogP contribution in [0.5, 0.6) is 0 Å². The molecule has 2 aromatic carbocycles. The van der Waals surface area contributed by atoms with Crippen LogP contribution >= 0.6 is 11.6 Å². The minimum absolute atomic E-state index is 0.0721. The van der Waals surface area contributed by atoms with Gasteiger partial charge in [0.1, 0.15) is 11.1 Å². The SMILES string of the molecule is O=C(O)[C@H]1CN(S(=O)(=O)c2cc3cc(Cl)ccc3[nH]2)CC(=O)N1Cc1ccc(/C(=C2\CCN2)N2CCC2)cc1. The predicted molar refractivity (Wildman–Crippen MR) is 146 cm³/mol. The van der Waals surface area contributed by atoms with Crippen LogP contribution in [0, 0.1) is 0 Å². The first-order chi connectivity index (χ1) is 18.7. The van der Waals surface area contributed by atoms with Gasteiger partial charge in [-0.15, -0.1) is 0 Å². The topological polar surface area (TPSA) is 126 Å². The van der Waals surface area contributed by atoms with Crippen molar-refractivity contribution in [2.45, 2.75) is 30.5 Å². The average Bonchev–Trinajstić information content (AvgIpc) is 3.27. The summed E-state index contributed by atoms with van der Waals surface area (Å²) in [5, 5.41) is 14.3. The average molecular weight is 570 g/mol. The third-order valence-electron chi connectivity index (χ3n) is 7.60. The molecule has 0 saturated carbocycles. The molecule has 39 heavy (non-hydrogen) atoms. The molecule has 3 aromatic rings. The van der Waals surface area contributed by atoms with Crippen LogP contribution in [0.3, 0.4) is 0 Å². The molecule has 3 fully saturated rings. The molecule has 3 saturated heterocycles. The Morgan fingerprint density at radius 1 is 1.10 bits per heavy atom. The van der Waals surface area contributed by atoms with Gasteiger partial charge in [-0.1, -0.05) is 35.9 Å². The molecule has 0 radical (unpaired) electrons. The van der Waals surface area contributed by atoms with Crippen LogP contribution in [0.1, 0.15) is 24.0 Å². The van der Waals surface area contributed by atoms with E-state index in [-0.39, 0.29) is 18.1 Å². The third-order valence-corrected chi connectivity index (χ3v) is 9.57. The number of likely N-dealkylation sites (tertiary alicyclic amines) is 1. The molecule has 0 bridgehead atoms. The molecule has 3 N–H and O–H groups in total. The van der Waals surface area contributed by atoms with E-state index in [0.29, 0.717) is 15.9 Å². The largest absolute Gasteiger partial charge is 0.480 e. The number of rotatable bonds is 7. The summed E-state index contributed by atoms with van der Waals surface area (Å²) in [6, 6.07) is 12.9. The van der Waals surface area contributed by atoms with Gasteiger partial charge in [-0.25, -0.2) is 13.2 Å². The Morgan fingerprint density at radius 2 is 1.85 bits per heavy atom. The number of halogens is 1. The van der Waals surface area contributed by atoms with E-state index in [1.807, 2.05) is 24.3 Å². The summed E-state index contributed by atoms with van der Waals surface area (Å²) in [5.41, 5.74) is 4.87. The number of nitrogens with zero attached hydrogens (tertiary/aromatic N) is 3. The van der Waals surface area contributed by atoms with E-state index in [2.05, 4.69) is 15.2 Å². The van der Waals surface area contributed by atoms with Crippen LogP contribution in [0.25, 0.3) is 16.6 Å². The van der Waals surface area contributed by atoms with Crippen molar-refractivity contribution in [1.82, 2.24) is 24.4 Å². The number of nitrogens with one attached hydrogen (secondary N) is 2. The molecule has 204 valence electrons. The standard InChI is InChI=1S/C27H28ClN5O5S/c28-20-6-7-21-19(12-20)13-24(30-21)39(37,38)32-15-23(27(35)36)33(25(34)16-32)14-17-2-4-18(5-3-17)26(22-8-9-29-22)31-10-1-11-31/h2-7,12-13,23,29-30H,1,8-11,14-16H2,(H,35,36)/b26-22-/t23-/m1/s1. The molecule has 1 atom stereocenters. The number of carboxylic acid groups (broad SMARTS) is 1. The summed E-state index contributed by atoms with van der Waals surface area (Å²) in [7, 11) is -4.15. The van der Waals surface area contributed by atoms with E-state index < -0.39 is 34.5 Å². The van der Waals surface area contributed by atoms with Crippen molar-refractivity contribution < 1.29 is 23.1 Å². The second-order valence-corrected chi connectivity index (χ2v) is 12.4. The van der Waals surface area contributed by atoms with E-state index >= 15 is 0 Å². The minimum Gasteiger partial charge on any atom is -0.480 e. The lowest BCUT2D eigenvalue weighted by molar-refractivity contribution is -0.154. The molecule has 10 nitrogen and oxygen atoms in total. The Morgan fingerprint density at radius 3 is 2.46 bits per heavy atom. The highest BCUT2D eigenvalue weighted by atomic mass is 35.5. The molecular formula is C27H28ClN5O5S. The van der Waals surface area contributed by atoms with Gasteiger partial charge in [-0.3, -0.25) is 4.79 Å². The van der Waals surface area contributed by atoms with Crippen molar-refractivity contribution in [3.63, 3.8) is 0 Å². The number of hydrogen-bond donors (Lipinski definition) is 3. The van der Waals surface area contributed by atoms with Crippen molar-refractivity contribution >= 4 is 50.1 Å². The van der Waals surface area contributed by atoms with Gasteiger partial charge in [-0.05, 0) is 41.8 Å². The molecule has 0 spiro atoms. The van der Waals surface area contributed by atoms with Crippen LogP contribution in [-0.4, -0.2) is 83.3 Å². The number of amides is 1. The van der Waals surface area contributed by atoms with Crippen LogP contribution in [0.15, 0.2) is 59.3 Å². The predicted octanol–water partition coefficient (Wildman–Crippen LogP) is 2.68. The number of aromatic nitrogens is 1. The van der Waals surface area contributed by atoms with Gasteiger partial charge >= 0.3 is 5.97 Å². The molecule has 0 unspecified atom stereocenters. The van der Waals surface area contributed by atoms with Crippen molar-refractivity contribution in [3.8, 4) is 0 Å². The number of benzene rings is 2. The minimum atomic E-state index is -4.15. The van der Waals surface area contributed by atoms with E-state index in [0.717, 1.165) is 41.5 Å². The maximum atomic E-state index is 13.4.